The molecule has 2 aromatic rings. The first kappa shape index (κ1) is 24.0. The number of benzene rings is 2. The lowest BCUT2D eigenvalue weighted by Crippen LogP contribution is -2.44. The van der Waals surface area contributed by atoms with Gasteiger partial charge in [-0.25, -0.2) is 8.42 Å². The summed E-state index contributed by atoms with van der Waals surface area (Å²) in [4.78, 5) is 25.0. The number of nitrogens with zero attached hydrogens (tertiary/aromatic N) is 1. The van der Waals surface area contributed by atoms with Gasteiger partial charge in [-0.2, -0.15) is 4.31 Å². The fourth-order valence-electron chi connectivity index (χ4n) is 4.22. The van der Waals surface area contributed by atoms with E-state index in [4.69, 9.17) is 9.47 Å². The van der Waals surface area contributed by atoms with Crippen LogP contribution in [0.2, 0.25) is 0 Å². The molecule has 2 unspecified atom stereocenters. The minimum atomic E-state index is -3.88. The van der Waals surface area contributed by atoms with E-state index >= 15 is 0 Å². The average Bonchev–Trinajstić information content (AvgIpc) is 2.81. The maximum absolute atomic E-state index is 13.5. The normalized spacial score (nSPS) is 20.6. The van der Waals surface area contributed by atoms with Gasteiger partial charge in [0.05, 0.1) is 28.8 Å². The highest BCUT2D eigenvalue weighted by Gasteiger charge is 2.35. The van der Waals surface area contributed by atoms with Crippen molar-refractivity contribution in [3.8, 4) is 11.5 Å². The molecule has 0 spiro atoms. The van der Waals surface area contributed by atoms with Crippen molar-refractivity contribution in [1.82, 2.24) is 4.31 Å². The first-order valence-electron chi connectivity index (χ1n) is 11.4. The van der Waals surface area contributed by atoms with Crippen LogP contribution in [0.4, 0.5) is 11.4 Å². The van der Waals surface area contributed by atoms with Gasteiger partial charge in [0.25, 0.3) is 5.91 Å². The summed E-state index contributed by atoms with van der Waals surface area (Å²) in [6.45, 7) is 6.01. The maximum atomic E-state index is 13.5. The molecule has 182 valence electrons. The number of aryl methyl sites for hydroxylation is 1. The van der Waals surface area contributed by atoms with Crippen LogP contribution in [0.1, 0.15) is 32.3 Å². The van der Waals surface area contributed by atoms with Crippen LogP contribution in [-0.4, -0.2) is 50.3 Å². The third-order valence-electron chi connectivity index (χ3n) is 6.03. The van der Waals surface area contributed by atoms with Gasteiger partial charge in [-0.05, 0) is 57.4 Å². The zero-order valence-electron chi connectivity index (χ0n) is 19.5. The third kappa shape index (κ3) is 4.74. The minimum Gasteiger partial charge on any atom is -0.492 e. The van der Waals surface area contributed by atoms with E-state index in [9.17, 15) is 18.0 Å². The van der Waals surface area contributed by atoms with Gasteiger partial charge in [-0.1, -0.05) is 12.1 Å². The molecule has 2 N–H and O–H groups in total. The molecule has 4 rings (SSSR count). The Morgan fingerprint density at radius 2 is 2.06 bits per heavy atom. The Kier molecular flexibility index (Phi) is 6.81. The van der Waals surface area contributed by atoms with Crippen LogP contribution in [0.25, 0.3) is 0 Å². The van der Waals surface area contributed by atoms with Gasteiger partial charge in [0, 0.05) is 19.2 Å². The standard InChI is InChI=1S/C24H29N3O6S/c1-4-32-20-10-6-5-9-18(20)25-24(29)17-8-7-11-27(14-17)34(30,31)22-13-21-19(12-15(22)2)26-23(28)16(3)33-21/h5-6,9-10,12-13,16-17H,4,7-8,11,14H2,1-3H3,(H,25,29)(H,26,28). The molecule has 0 saturated carbocycles. The molecule has 10 heteroatoms. The van der Waals surface area contributed by atoms with Crippen molar-refractivity contribution in [3.05, 3.63) is 42.0 Å². The van der Waals surface area contributed by atoms with Crippen LogP contribution in [0.3, 0.4) is 0 Å². The Morgan fingerprint density at radius 3 is 2.82 bits per heavy atom. The second-order valence-corrected chi connectivity index (χ2v) is 10.4. The van der Waals surface area contributed by atoms with Gasteiger partial charge >= 0.3 is 0 Å². The number of carbonyl (C=O) groups is 2. The van der Waals surface area contributed by atoms with Crippen molar-refractivity contribution in [2.24, 2.45) is 5.92 Å². The maximum Gasteiger partial charge on any atom is 0.265 e. The Balaban J connectivity index is 1.53. The molecule has 2 heterocycles. The molecule has 0 radical (unpaired) electrons. The number of sulfonamides is 1. The van der Waals surface area contributed by atoms with Crippen LogP contribution in [0.5, 0.6) is 11.5 Å². The number of anilines is 2. The summed E-state index contributed by atoms with van der Waals surface area (Å²) in [5, 5.41) is 5.62. The van der Waals surface area contributed by atoms with Crippen LogP contribution in [0.15, 0.2) is 41.3 Å². The fraction of sp³-hybridized carbons (Fsp3) is 0.417. The summed E-state index contributed by atoms with van der Waals surface area (Å²) in [7, 11) is -3.88. The molecule has 2 amide bonds. The Hall–Kier alpha value is -3.11. The minimum absolute atomic E-state index is 0.0789. The van der Waals surface area contributed by atoms with Gasteiger partial charge in [0.15, 0.2) is 6.10 Å². The second-order valence-electron chi connectivity index (χ2n) is 8.48. The molecular formula is C24H29N3O6S. The van der Waals surface area contributed by atoms with Gasteiger partial charge in [-0.15, -0.1) is 0 Å². The monoisotopic (exact) mass is 487 g/mol. The van der Waals surface area contributed by atoms with E-state index < -0.39 is 22.0 Å². The average molecular weight is 488 g/mol. The van der Waals surface area contributed by atoms with E-state index in [1.54, 1.807) is 38.1 Å². The van der Waals surface area contributed by atoms with E-state index in [0.717, 1.165) is 0 Å². The Bertz CT molecular complexity index is 1210. The molecule has 0 bridgehead atoms. The van der Waals surface area contributed by atoms with Crippen LogP contribution in [-0.2, 0) is 19.6 Å². The lowest BCUT2D eigenvalue weighted by molar-refractivity contribution is -0.123. The zero-order chi connectivity index (χ0) is 24.5. The summed E-state index contributed by atoms with van der Waals surface area (Å²) in [5.74, 6) is -0.126. The lowest BCUT2D eigenvalue weighted by Gasteiger charge is -2.32. The van der Waals surface area contributed by atoms with Crippen molar-refractivity contribution < 1.29 is 27.5 Å². The summed E-state index contributed by atoms with van der Waals surface area (Å²) in [6.07, 6.45) is 0.441. The number of carbonyl (C=O) groups excluding carboxylic acids is 2. The third-order valence-corrected chi connectivity index (χ3v) is 8.03. The highest BCUT2D eigenvalue weighted by Crippen LogP contribution is 2.36. The molecule has 2 aromatic carbocycles. The molecular weight excluding hydrogens is 458 g/mol. The SMILES string of the molecule is CCOc1ccccc1NC(=O)C1CCCN(S(=O)(=O)c2cc3c(cc2C)NC(=O)C(C)O3)C1. The van der Waals surface area contributed by atoms with Crippen molar-refractivity contribution in [1.29, 1.82) is 0 Å². The van der Waals surface area contributed by atoms with Crippen molar-refractivity contribution in [3.63, 3.8) is 0 Å². The number of hydrogen-bond donors (Lipinski definition) is 2. The van der Waals surface area contributed by atoms with Crippen LogP contribution >= 0.6 is 0 Å². The van der Waals surface area contributed by atoms with E-state index in [-0.39, 0.29) is 23.3 Å². The number of nitrogens with one attached hydrogen (secondary N) is 2. The van der Waals surface area contributed by atoms with E-state index in [2.05, 4.69) is 10.6 Å². The number of piperidine rings is 1. The molecule has 2 aliphatic rings. The smallest absolute Gasteiger partial charge is 0.265 e. The number of amides is 2. The molecule has 2 aliphatic heterocycles. The molecule has 9 nitrogen and oxygen atoms in total. The molecule has 34 heavy (non-hydrogen) atoms. The van der Waals surface area contributed by atoms with Crippen molar-refractivity contribution in [2.75, 3.05) is 30.3 Å². The molecule has 0 aliphatic carbocycles. The summed E-state index contributed by atoms with van der Waals surface area (Å²) < 4.78 is 39.6. The number of ether oxygens (including phenoxy) is 2. The molecule has 1 fully saturated rings. The predicted molar refractivity (Wildman–Crippen MR) is 128 cm³/mol. The molecule has 1 saturated heterocycles. The summed E-state index contributed by atoms with van der Waals surface area (Å²) in [6, 6.07) is 10.2. The quantitative estimate of drug-likeness (QED) is 0.647. The Labute approximate surface area is 199 Å². The second kappa shape index (κ2) is 9.63. The van der Waals surface area contributed by atoms with Gasteiger partial charge in [0.1, 0.15) is 11.5 Å². The van der Waals surface area contributed by atoms with Gasteiger partial charge in [0.2, 0.25) is 15.9 Å². The lowest BCUT2D eigenvalue weighted by atomic mass is 9.98. The number of para-hydroxylation sites is 2. The van der Waals surface area contributed by atoms with Crippen molar-refractivity contribution >= 4 is 33.2 Å². The van der Waals surface area contributed by atoms with E-state index in [0.29, 0.717) is 54.4 Å². The van der Waals surface area contributed by atoms with Crippen molar-refractivity contribution in [2.45, 2.75) is 44.6 Å². The Morgan fingerprint density at radius 1 is 1.29 bits per heavy atom. The summed E-state index contributed by atoms with van der Waals surface area (Å²) >= 11 is 0. The number of fused-ring (bicyclic) bond motifs is 1. The number of rotatable bonds is 6. The summed E-state index contributed by atoms with van der Waals surface area (Å²) in [5.41, 5.74) is 1.51. The first-order valence-corrected chi connectivity index (χ1v) is 12.8. The predicted octanol–water partition coefficient (Wildman–Crippen LogP) is 3.15. The molecule has 2 atom stereocenters. The van der Waals surface area contributed by atoms with Crippen LogP contribution < -0.4 is 20.1 Å². The van der Waals surface area contributed by atoms with E-state index in [1.807, 2.05) is 13.0 Å². The highest BCUT2D eigenvalue weighted by molar-refractivity contribution is 7.89. The largest absolute Gasteiger partial charge is 0.492 e. The highest BCUT2D eigenvalue weighted by atomic mass is 32.2. The van der Waals surface area contributed by atoms with E-state index in [1.165, 1.54) is 10.4 Å². The van der Waals surface area contributed by atoms with Gasteiger partial charge in [-0.3, -0.25) is 9.59 Å². The first-order chi connectivity index (χ1) is 16.2. The van der Waals surface area contributed by atoms with Gasteiger partial charge < -0.3 is 20.1 Å². The number of hydrogen-bond acceptors (Lipinski definition) is 6. The fourth-order valence-corrected chi connectivity index (χ4v) is 5.97. The zero-order valence-corrected chi connectivity index (χ0v) is 20.3. The van der Waals surface area contributed by atoms with Crippen LogP contribution in [0, 0.1) is 12.8 Å². The molecule has 0 aromatic heterocycles. The topological polar surface area (TPSA) is 114 Å².